The van der Waals surface area contributed by atoms with E-state index in [1.54, 1.807) is 24.3 Å². The van der Waals surface area contributed by atoms with Crippen LogP contribution in [0, 0.1) is 0 Å². The summed E-state index contributed by atoms with van der Waals surface area (Å²) in [6, 6.07) is 8.88. The highest BCUT2D eigenvalue weighted by atomic mass is 35.5. The number of amides is 1. The first kappa shape index (κ1) is 10.6. The van der Waals surface area contributed by atoms with Crippen molar-refractivity contribution in [2.45, 2.75) is 6.92 Å². The second-order valence-corrected chi connectivity index (χ2v) is 3.10. The summed E-state index contributed by atoms with van der Waals surface area (Å²) in [4.78, 5) is 11.3. The van der Waals surface area contributed by atoms with Crippen LogP contribution in [0.4, 0.5) is 5.69 Å². The molecule has 14 heavy (non-hydrogen) atoms. The maximum Gasteiger partial charge on any atom is 0.270 e. The van der Waals surface area contributed by atoms with E-state index in [9.17, 15) is 4.79 Å². The first-order valence-electron chi connectivity index (χ1n) is 4.03. The highest BCUT2D eigenvalue weighted by molar-refractivity contribution is 6.44. The third kappa shape index (κ3) is 2.78. The number of anilines is 1. The van der Waals surface area contributed by atoms with Crippen molar-refractivity contribution in [3.05, 3.63) is 41.1 Å². The van der Waals surface area contributed by atoms with Gasteiger partial charge in [-0.2, -0.15) is 0 Å². The Labute approximate surface area is 87.0 Å². The lowest BCUT2D eigenvalue weighted by Gasteiger charge is -2.03. The molecule has 1 aromatic carbocycles. The largest absolute Gasteiger partial charge is 0.511 e. The standard InChI is InChI=1S/C10H10ClNO2/c1-7(13)9(11)10(14)12-8-5-3-2-4-6-8/h2-6,13H,1H3,(H,12,14). The number of carbonyl (C=O) groups is 1. The van der Waals surface area contributed by atoms with E-state index >= 15 is 0 Å². The third-order valence-electron chi connectivity index (χ3n) is 1.55. The molecule has 3 nitrogen and oxygen atoms in total. The molecule has 0 fully saturated rings. The predicted octanol–water partition coefficient (Wildman–Crippen LogP) is 2.65. The van der Waals surface area contributed by atoms with Gasteiger partial charge in [0.15, 0.2) is 0 Å². The molecule has 0 atom stereocenters. The zero-order valence-corrected chi connectivity index (χ0v) is 8.38. The molecule has 1 aromatic rings. The van der Waals surface area contributed by atoms with E-state index in [2.05, 4.69) is 5.32 Å². The molecule has 0 saturated carbocycles. The molecular formula is C10H10ClNO2. The molecule has 0 spiro atoms. The first-order chi connectivity index (χ1) is 6.61. The molecule has 0 aliphatic rings. The molecule has 1 rings (SSSR count). The maximum absolute atomic E-state index is 11.3. The van der Waals surface area contributed by atoms with Crippen molar-refractivity contribution in [2.75, 3.05) is 5.32 Å². The predicted molar refractivity (Wildman–Crippen MR) is 56.3 cm³/mol. The lowest BCUT2D eigenvalue weighted by atomic mass is 10.3. The minimum Gasteiger partial charge on any atom is -0.511 e. The van der Waals surface area contributed by atoms with Gasteiger partial charge >= 0.3 is 0 Å². The van der Waals surface area contributed by atoms with Gasteiger partial charge in [0.2, 0.25) is 0 Å². The van der Waals surface area contributed by atoms with E-state index in [0.29, 0.717) is 5.69 Å². The highest BCUT2D eigenvalue weighted by Gasteiger charge is 2.09. The van der Waals surface area contributed by atoms with Crippen LogP contribution in [0.3, 0.4) is 0 Å². The quantitative estimate of drug-likeness (QED) is 0.584. The molecular weight excluding hydrogens is 202 g/mol. The topological polar surface area (TPSA) is 49.3 Å². The van der Waals surface area contributed by atoms with Gasteiger partial charge in [-0.05, 0) is 19.1 Å². The van der Waals surface area contributed by atoms with Crippen LogP contribution in [0.1, 0.15) is 6.92 Å². The number of rotatable bonds is 2. The van der Waals surface area contributed by atoms with E-state index < -0.39 is 5.91 Å². The molecule has 0 bridgehead atoms. The molecule has 0 heterocycles. The molecule has 0 aliphatic carbocycles. The number of para-hydroxylation sites is 1. The summed E-state index contributed by atoms with van der Waals surface area (Å²) in [6.45, 7) is 1.35. The fourth-order valence-electron chi connectivity index (χ4n) is 0.872. The van der Waals surface area contributed by atoms with Crippen molar-refractivity contribution in [1.82, 2.24) is 0 Å². The number of benzene rings is 1. The van der Waals surface area contributed by atoms with Crippen LogP contribution >= 0.6 is 11.6 Å². The number of halogens is 1. The molecule has 0 aliphatic heterocycles. The van der Waals surface area contributed by atoms with Gasteiger partial charge < -0.3 is 10.4 Å². The van der Waals surface area contributed by atoms with Crippen LogP contribution in [0.5, 0.6) is 0 Å². The van der Waals surface area contributed by atoms with Gasteiger partial charge in [-0.25, -0.2) is 0 Å². The lowest BCUT2D eigenvalue weighted by molar-refractivity contribution is -0.112. The fourth-order valence-corrected chi connectivity index (χ4v) is 0.919. The van der Waals surface area contributed by atoms with Crippen molar-refractivity contribution in [3.63, 3.8) is 0 Å². The lowest BCUT2D eigenvalue weighted by Crippen LogP contribution is -2.12. The van der Waals surface area contributed by atoms with Crippen LogP contribution < -0.4 is 5.32 Å². The molecule has 0 unspecified atom stereocenters. The maximum atomic E-state index is 11.3. The SMILES string of the molecule is CC(O)=C(Cl)C(=O)Nc1ccccc1. The van der Waals surface area contributed by atoms with Gasteiger partial charge in [0.1, 0.15) is 10.8 Å². The summed E-state index contributed by atoms with van der Waals surface area (Å²) in [5.41, 5.74) is 0.636. The van der Waals surface area contributed by atoms with Gasteiger partial charge in [0.05, 0.1) is 0 Å². The summed E-state index contributed by atoms with van der Waals surface area (Å²) < 4.78 is 0. The molecule has 0 radical (unpaired) electrons. The average Bonchev–Trinajstić information content (AvgIpc) is 2.18. The van der Waals surface area contributed by atoms with E-state index in [-0.39, 0.29) is 10.8 Å². The van der Waals surface area contributed by atoms with E-state index in [4.69, 9.17) is 16.7 Å². The number of allylic oxidation sites excluding steroid dienone is 1. The molecule has 2 N–H and O–H groups in total. The van der Waals surface area contributed by atoms with Gasteiger partial charge in [-0.15, -0.1) is 0 Å². The highest BCUT2D eigenvalue weighted by Crippen LogP contribution is 2.11. The van der Waals surface area contributed by atoms with Crippen molar-refractivity contribution in [2.24, 2.45) is 0 Å². The zero-order chi connectivity index (χ0) is 10.6. The molecule has 0 aromatic heterocycles. The Balaban J connectivity index is 2.72. The van der Waals surface area contributed by atoms with E-state index in [1.165, 1.54) is 6.92 Å². The monoisotopic (exact) mass is 211 g/mol. The Morgan fingerprint density at radius 1 is 1.36 bits per heavy atom. The van der Waals surface area contributed by atoms with Crippen molar-refractivity contribution < 1.29 is 9.90 Å². The second kappa shape index (κ2) is 4.67. The summed E-state index contributed by atoms with van der Waals surface area (Å²) in [5, 5.41) is 11.3. The summed E-state index contributed by atoms with van der Waals surface area (Å²) in [7, 11) is 0. The van der Waals surface area contributed by atoms with Gasteiger partial charge in [-0.1, -0.05) is 29.8 Å². The Morgan fingerprint density at radius 3 is 2.43 bits per heavy atom. The Hall–Kier alpha value is -1.48. The normalized spacial score (nSPS) is 11.9. The molecule has 1 amide bonds. The van der Waals surface area contributed by atoms with Crippen LogP contribution in [-0.2, 0) is 4.79 Å². The minimum atomic E-state index is -0.516. The Kier molecular flexibility index (Phi) is 3.54. The number of aliphatic hydroxyl groups excluding tert-OH is 1. The van der Waals surface area contributed by atoms with Crippen LogP contribution in [0.25, 0.3) is 0 Å². The van der Waals surface area contributed by atoms with Gasteiger partial charge in [0.25, 0.3) is 5.91 Å². The zero-order valence-electron chi connectivity index (χ0n) is 7.62. The number of hydrogen-bond donors (Lipinski definition) is 2. The fraction of sp³-hybridized carbons (Fsp3) is 0.100. The Morgan fingerprint density at radius 2 is 1.93 bits per heavy atom. The average molecular weight is 212 g/mol. The molecule has 0 saturated heterocycles. The number of carbonyl (C=O) groups excluding carboxylic acids is 1. The van der Waals surface area contributed by atoms with E-state index in [1.807, 2.05) is 6.07 Å². The smallest absolute Gasteiger partial charge is 0.270 e. The first-order valence-corrected chi connectivity index (χ1v) is 4.41. The molecule has 4 heteroatoms. The van der Waals surface area contributed by atoms with Gasteiger partial charge in [-0.3, -0.25) is 4.79 Å². The number of aliphatic hydroxyl groups is 1. The minimum absolute atomic E-state index is 0.194. The Bertz CT molecular complexity index is 356. The van der Waals surface area contributed by atoms with Crippen LogP contribution in [0.15, 0.2) is 41.1 Å². The summed E-state index contributed by atoms with van der Waals surface area (Å²) >= 11 is 5.53. The van der Waals surface area contributed by atoms with Crippen LogP contribution in [0.2, 0.25) is 0 Å². The summed E-state index contributed by atoms with van der Waals surface area (Å²) in [6.07, 6.45) is 0. The van der Waals surface area contributed by atoms with Crippen LogP contribution in [-0.4, -0.2) is 11.0 Å². The van der Waals surface area contributed by atoms with Crippen molar-refractivity contribution in [1.29, 1.82) is 0 Å². The summed E-state index contributed by atoms with van der Waals surface area (Å²) in [5.74, 6) is -0.710. The number of nitrogens with one attached hydrogen (secondary N) is 1. The molecule has 74 valence electrons. The van der Waals surface area contributed by atoms with E-state index in [0.717, 1.165) is 0 Å². The second-order valence-electron chi connectivity index (χ2n) is 2.72. The van der Waals surface area contributed by atoms with Crippen molar-refractivity contribution >= 4 is 23.2 Å². The van der Waals surface area contributed by atoms with Gasteiger partial charge in [0, 0.05) is 5.69 Å². The number of hydrogen-bond acceptors (Lipinski definition) is 2. The third-order valence-corrected chi connectivity index (χ3v) is 1.99. The van der Waals surface area contributed by atoms with Crippen molar-refractivity contribution in [3.8, 4) is 0 Å².